The summed E-state index contributed by atoms with van der Waals surface area (Å²) in [4.78, 5) is 13.1. The van der Waals surface area contributed by atoms with Gasteiger partial charge >= 0.3 is 0 Å². The summed E-state index contributed by atoms with van der Waals surface area (Å²) in [5, 5.41) is 13.0. The van der Waals surface area contributed by atoms with Crippen LogP contribution in [0.25, 0.3) is 11.2 Å². The van der Waals surface area contributed by atoms with E-state index in [0.717, 1.165) is 6.42 Å². The Hall–Kier alpha value is -1.88. The van der Waals surface area contributed by atoms with Crippen molar-refractivity contribution in [1.29, 1.82) is 0 Å². The summed E-state index contributed by atoms with van der Waals surface area (Å²) in [7, 11) is 0. The molecule has 0 bridgehead atoms. The molecule has 2 N–H and O–H groups in total. The lowest BCUT2D eigenvalue weighted by Crippen LogP contribution is -2.31. The van der Waals surface area contributed by atoms with Crippen molar-refractivity contribution < 1.29 is 23.7 Å². The van der Waals surface area contributed by atoms with Crippen LogP contribution in [0, 0.1) is 0 Å². The van der Waals surface area contributed by atoms with E-state index in [2.05, 4.69) is 20.3 Å². The Morgan fingerprint density at radius 1 is 1.25 bits per heavy atom. The van der Waals surface area contributed by atoms with Gasteiger partial charge in [0.15, 0.2) is 29.0 Å². The number of aliphatic hydroxyl groups is 1. The lowest BCUT2D eigenvalue weighted by molar-refractivity contribution is -0.199. The number of hydrogen-bond donors (Lipinski definition) is 2. The van der Waals surface area contributed by atoms with Crippen LogP contribution in [0.1, 0.15) is 39.3 Å². The van der Waals surface area contributed by atoms with E-state index in [1.807, 2.05) is 13.8 Å². The van der Waals surface area contributed by atoms with E-state index in [4.69, 9.17) is 14.2 Å². The van der Waals surface area contributed by atoms with Crippen LogP contribution in [0.4, 0.5) is 10.2 Å². The number of aromatic nitrogens is 4. The van der Waals surface area contributed by atoms with E-state index in [1.54, 1.807) is 10.9 Å². The molecule has 2 aliphatic heterocycles. The second-order valence-corrected chi connectivity index (χ2v) is 8.11. The van der Waals surface area contributed by atoms with Crippen molar-refractivity contribution in [3.63, 3.8) is 0 Å². The minimum Gasteiger partial charge on any atom is -0.394 e. The average molecular weight is 393 g/mol. The molecule has 2 aromatic heterocycles. The molecule has 0 aromatic carbocycles. The van der Waals surface area contributed by atoms with Gasteiger partial charge < -0.3 is 24.6 Å². The molecule has 1 aliphatic carbocycles. The molecule has 2 unspecified atom stereocenters. The predicted octanol–water partition coefficient (Wildman–Crippen LogP) is 1.54. The number of aliphatic hydroxyl groups excluding tert-OH is 1. The van der Waals surface area contributed by atoms with Crippen molar-refractivity contribution in [3.05, 3.63) is 12.7 Å². The lowest BCUT2D eigenvalue weighted by atomic mass is 10.1. The molecule has 0 spiro atoms. The van der Waals surface area contributed by atoms with Crippen LogP contribution < -0.4 is 5.32 Å². The molecule has 5 rings (SSSR count). The Morgan fingerprint density at radius 2 is 2.07 bits per heavy atom. The van der Waals surface area contributed by atoms with Gasteiger partial charge in [0.2, 0.25) is 0 Å². The zero-order valence-corrected chi connectivity index (χ0v) is 15.8. The summed E-state index contributed by atoms with van der Waals surface area (Å²) >= 11 is 0. The molecule has 28 heavy (non-hydrogen) atoms. The highest BCUT2D eigenvalue weighted by Gasteiger charge is 2.56. The number of ether oxygens (including phenoxy) is 3. The summed E-state index contributed by atoms with van der Waals surface area (Å²) < 4.78 is 33.2. The number of nitrogens with one attached hydrogen (secondary N) is 1. The minimum absolute atomic E-state index is 0.0384. The van der Waals surface area contributed by atoms with Gasteiger partial charge in [-0.1, -0.05) is 0 Å². The molecule has 2 aromatic rings. The first-order chi connectivity index (χ1) is 13.4. The number of hydrogen-bond acceptors (Lipinski definition) is 8. The van der Waals surface area contributed by atoms with E-state index >= 15 is 0 Å². The Labute approximate surface area is 161 Å². The van der Waals surface area contributed by atoms with Crippen LogP contribution in [-0.4, -0.2) is 67.5 Å². The fourth-order valence-corrected chi connectivity index (χ4v) is 4.42. The highest BCUT2D eigenvalue weighted by Crippen LogP contribution is 2.43. The van der Waals surface area contributed by atoms with E-state index in [1.165, 1.54) is 6.33 Å². The van der Waals surface area contributed by atoms with Crippen molar-refractivity contribution >= 4 is 17.0 Å². The Morgan fingerprint density at radius 3 is 2.82 bits per heavy atom. The lowest BCUT2D eigenvalue weighted by Gasteiger charge is -2.24. The molecule has 10 heteroatoms. The van der Waals surface area contributed by atoms with Crippen LogP contribution in [0.5, 0.6) is 0 Å². The summed E-state index contributed by atoms with van der Waals surface area (Å²) in [6.07, 6.45) is 2.33. The fraction of sp³-hybridized carbons (Fsp3) is 0.722. The zero-order valence-electron chi connectivity index (χ0n) is 15.8. The van der Waals surface area contributed by atoms with Gasteiger partial charge in [-0.25, -0.2) is 19.3 Å². The van der Waals surface area contributed by atoms with Crippen LogP contribution in [0.2, 0.25) is 0 Å². The molecule has 4 heterocycles. The minimum atomic E-state index is -0.769. The highest BCUT2D eigenvalue weighted by molar-refractivity contribution is 5.82. The van der Waals surface area contributed by atoms with Gasteiger partial charge in [-0.2, -0.15) is 0 Å². The van der Waals surface area contributed by atoms with Gasteiger partial charge in [0.1, 0.15) is 30.8 Å². The van der Waals surface area contributed by atoms with E-state index in [-0.39, 0.29) is 18.8 Å². The highest BCUT2D eigenvalue weighted by atomic mass is 19.1. The molecule has 1 saturated carbocycles. The van der Waals surface area contributed by atoms with Crippen molar-refractivity contribution in [3.8, 4) is 0 Å². The maximum atomic E-state index is 13.5. The third kappa shape index (κ3) is 2.95. The molecule has 3 fully saturated rings. The fourth-order valence-electron chi connectivity index (χ4n) is 4.42. The second kappa shape index (κ2) is 6.58. The van der Waals surface area contributed by atoms with Gasteiger partial charge in [0.05, 0.1) is 12.9 Å². The smallest absolute Gasteiger partial charge is 0.167 e. The van der Waals surface area contributed by atoms with Gasteiger partial charge in [-0.3, -0.25) is 4.57 Å². The Bertz CT molecular complexity index is 877. The molecule has 6 atom stereocenters. The summed E-state index contributed by atoms with van der Waals surface area (Å²) in [5.74, 6) is -0.172. The molecule has 3 aliphatic rings. The first-order valence-corrected chi connectivity index (χ1v) is 9.65. The number of anilines is 1. The number of rotatable bonds is 4. The van der Waals surface area contributed by atoms with Crippen LogP contribution >= 0.6 is 0 Å². The number of imidazole rings is 1. The first-order valence-electron chi connectivity index (χ1n) is 9.65. The number of alkyl halides is 1. The van der Waals surface area contributed by atoms with Crippen molar-refractivity contribution in [1.82, 2.24) is 19.5 Å². The maximum Gasteiger partial charge on any atom is 0.167 e. The summed E-state index contributed by atoms with van der Waals surface area (Å²) in [5.41, 5.74) is 1.18. The van der Waals surface area contributed by atoms with Gasteiger partial charge in [-0.05, 0) is 33.1 Å². The number of nitrogens with zero attached hydrogens (tertiary/aromatic N) is 4. The molecule has 0 radical (unpaired) electrons. The summed E-state index contributed by atoms with van der Waals surface area (Å²) in [6.45, 7) is 3.51. The second-order valence-electron chi connectivity index (χ2n) is 8.11. The van der Waals surface area contributed by atoms with Crippen LogP contribution in [0.15, 0.2) is 12.7 Å². The Balaban J connectivity index is 1.46. The molecular weight excluding hydrogens is 369 g/mol. The molecule has 9 nitrogen and oxygen atoms in total. The van der Waals surface area contributed by atoms with E-state index in [9.17, 15) is 9.50 Å². The third-order valence-electron chi connectivity index (χ3n) is 5.65. The Kier molecular flexibility index (Phi) is 4.27. The normalized spacial score (nSPS) is 36.9. The monoisotopic (exact) mass is 393 g/mol. The topological polar surface area (TPSA) is 104 Å². The quantitative estimate of drug-likeness (QED) is 0.806. The van der Waals surface area contributed by atoms with Gasteiger partial charge in [0, 0.05) is 6.04 Å². The average Bonchev–Trinajstić information content (AvgIpc) is 3.38. The molecule has 2 saturated heterocycles. The predicted molar refractivity (Wildman–Crippen MR) is 96.3 cm³/mol. The molecule has 0 amide bonds. The van der Waals surface area contributed by atoms with Crippen molar-refractivity contribution in [2.75, 3.05) is 11.9 Å². The number of halogens is 1. The standard InChI is InChI=1S/C18H24FN5O4/c1-18(2)27-13-11(6-25)26-17(14(13)28-18)24-8-22-12-15(20-7-21-16(12)24)23-10-4-3-9(19)5-10/h7-11,13-14,17,25H,3-6H2,1-2H3,(H,20,21,23)/t9?,10?,11-,13-,14-,17-/m1/s1. The van der Waals surface area contributed by atoms with E-state index < -0.39 is 30.4 Å². The number of fused-ring (bicyclic) bond motifs is 2. The van der Waals surface area contributed by atoms with E-state index in [0.29, 0.717) is 29.8 Å². The largest absolute Gasteiger partial charge is 0.394 e. The first kappa shape index (κ1) is 18.2. The molecule has 152 valence electrons. The van der Waals surface area contributed by atoms with Crippen molar-refractivity contribution in [2.24, 2.45) is 0 Å². The SMILES string of the molecule is CC1(C)O[C@@H]2[C@H](O1)[C@@H](CO)O[C@H]2n1cnc2c(NC3CCC(F)C3)ncnc21. The van der Waals surface area contributed by atoms with Crippen molar-refractivity contribution in [2.45, 2.75) is 75.7 Å². The zero-order chi connectivity index (χ0) is 19.5. The summed E-state index contributed by atoms with van der Waals surface area (Å²) in [6, 6.07) is 0.0384. The van der Waals surface area contributed by atoms with Gasteiger partial charge in [0.25, 0.3) is 0 Å². The molecular formula is C18H24FN5O4. The third-order valence-corrected chi connectivity index (χ3v) is 5.65. The van der Waals surface area contributed by atoms with Crippen LogP contribution in [-0.2, 0) is 14.2 Å². The van der Waals surface area contributed by atoms with Crippen LogP contribution in [0.3, 0.4) is 0 Å². The maximum absolute atomic E-state index is 13.5. The van der Waals surface area contributed by atoms with Gasteiger partial charge in [-0.15, -0.1) is 0 Å².